The van der Waals surface area contributed by atoms with Gasteiger partial charge < -0.3 is 25.1 Å². The average Bonchev–Trinajstić information content (AvgIpc) is 3.10. The van der Waals surface area contributed by atoms with Crippen LogP contribution >= 0.6 is 0 Å². The van der Waals surface area contributed by atoms with Gasteiger partial charge in [-0.15, -0.1) is 5.01 Å². The van der Waals surface area contributed by atoms with Crippen molar-refractivity contribution >= 4 is 56.2 Å². The molecule has 0 aliphatic heterocycles. The molecule has 4 aromatic rings. The van der Waals surface area contributed by atoms with Crippen LogP contribution in [0.1, 0.15) is 71.2 Å². The van der Waals surface area contributed by atoms with Crippen LogP contribution in [0.15, 0.2) is 84.0 Å². The summed E-state index contributed by atoms with van der Waals surface area (Å²) in [6, 6.07) is 15.6. The van der Waals surface area contributed by atoms with Gasteiger partial charge in [-0.3, -0.25) is 15.3 Å². The van der Waals surface area contributed by atoms with Crippen molar-refractivity contribution in [1.29, 1.82) is 0 Å². The van der Waals surface area contributed by atoms with Gasteiger partial charge in [-0.05, 0) is 100 Å². The van der Waals surface area contributed by atoms with Gasteiger partial charge in [0.05, 0.1) is 22.9 Å². The Labute approximate surface area is 320 Å². The number of hydrogen-bond donors (Lipinski definition) is 3. The zero-order chi connectivity index (χ0) is 40.7. The fourth-order valence-corrected chi connectivity index (χ4v) is 6.53. The smallest absolute Gasteiger partial charge is 0.439 e. The maximum Gasteiger partial charge on any atom is 0.439 e. The van der Waals surface area contributed by atoms with Crippen molar-refractivity contribution in [2.75, 3.05) is 22.7 Å². The maximum atomic E-state index is 13.8. The van der Waals surface area contributed by atoms with Crippen LogP contribution in [0.25, 0.3) is 10.8 Å². The number of nitrogens with one attached hydrogen (secondary N) is 1. The lowest BCUT2D eigenvalue weighted by atomic mass is 10.0. The molecule has 4 N–H and O–H groups in total. The third-order valence-electron chi connectivity index (χ3n) is 7.88. The summed E-state index contributed by atoms with van der Waals surface area (Å²) in [5.41, 5.74) is 5.35. The highest BCUT2D eigenvalue weighted by molar-refractivity contribution is 7.91. The molecule has 0 saturated carbocycles. The molecule has 0 aliphatic rings. The molecule has 1 unspecified atom stereocenters. The van der Waals surface area contributed by atoms with Crippen LogP contribution in [0.4, 0.5) is 25.8 Å². The van der Waals surface area contributed by atoms with Crippen molar-refractivity contribution in [2.45, 2.75) is 83.6 Å². The summed E-state index contributed by atoms with van der Waals surface area (Å²) in [4.78, 5) is 57.7. The Morgan fingerprint density at radius 2 is 1.51 bits per heavy atom. The van der Waals surface area contributed by atoms with E-state index in [0.29, 0.717) is 27.2 Å². The second-order valence-corrected chi connectivity index (χ2v) is 16.7. The highest BCUT2D eigenvalue weighted by Crippen LogP contribution is 2.34. The van der Waals surface area contributed by atoms with Crippen molar-refractivity contribution in [1.82, 2.24) is 9.99 Å². The predicted octanol–water partition coefficient (Wildman–Crippen LogP) is 7.00. The van der Waals surface area contributed by atoms with Gasteiger partial charge in [-0.2, -0.15) is 0 Å². The molecule has 1 atom stereocenters. The van der Waals surface area contributed by atoms with Crippen LogP contribution < -0.4 is 16.1 Å². The number of ether oxygens (including phenoxy) is 3. The summed E-state index contributed by atoms with van der Waals surface area (Å²) < 4.78 is 41.3. The van der Waals surface area contributed by atoms with E-state index in [0.717, 1.165) is 10.4 Å². The van der Waals surface area contributed by atoms with Crippen molar-refractivity contribution in [3.63, 3.8) is 0 Å². The molecule has 15 nitrogen and oxygen atoms in total. The number of carboxylic acids is 1. The van der Waals surface area contributed by atoms with Gasteiger partial charge in [0, 0.05) is 36.4 Å². The predicted molar refractivity (Wildman–Crippen MR) is 206 cm³/mol. The number of hydrogen-bond acceptors (Lipinski definition) is 12. The minimum atomic E-state index is -3.50. The maximum absolute atomic E-state index is 13.8. The first-order chi connectivity index (χ1) is 25.7. The number of benzene rings is 3. The molecule has 0 saturated heterocycles. The van der Waals surface area contributed by atoms with E-state index < -0.39 is 51.3 Å². The van der Waals surface area contributed by atoms with Gasteiger partial charge in [0.15, 0.2) is 15.9 Å². The van der Waals surface area contributed by atoms with Gasteiger partial charge in [-0.25, -0.2) is 27.6 Å². The molecule has 1 heterocycles. The number of rotatable bonds is 12. The molecule has 0 radical (unpaired) electrons. The number of imide groups is 1. The van der Waals surface area contributed by atoms with Crippen molar-refractivity contribution in [2.24, 2.45) is 5.73 Å². The van der Waals surface area contributed by atoms with Crippen LogP contribution in [-0.2, 0) is 41.8 Å². The Morgan fingerprint density at radius 3 is 2.07 bits per heavy atom. The minimum Gasteiger partial charge on any atom is -0.479 e. The number of aromatic nitrogens is 1. The molecule has 0 fully saturated rings. The highest BCUT2D eigenvalue weighted by atomic mass is 32.2. The van der Waals surface area contributed by atoms with Crippen LogP contribution in [0.3, 0.4) is 0 Å². The van der Waals surface area contributed by atoms with E-state index in [1.165, 1.54) is 37.3 Å². The molecule has 0 spiro atoms. The Hall–Kier alpha value is -5.74. The summed E-state index contributed by atoms with van der Waals surface area (Å²) in [6.45, 7) is 11.1. The summed E-state index contributed by atoms with van der Waals surface area (Å²) in [6.07, 6.45) is 0.348. The second kappa shape index (κ2) is 17.2. The number of nitrogens with zero attached hydrogens (tertiary/aromatic N) is 3. The average molecular weight is 778 g/mol. The van der Waals surface area contributed by atoms with E-state index in [1.54, 1.807) is 90.3 Å². The third-order valence-corrected chi connectivity index (χ3v) is 9.71. The monoisotopic (exact) mass is 777 g/mol. The topological polar surface area (TPSA) is 208 Å². The number of anilines is 2. The molecule has 1 aromatic heterocycles. The first-order valence-corrected chi connectivity index (χ1v) is 19.1. The van der Waals surface area contributed by atoms with Crippen molar-refractivity contribution < 1.29 is 46.9 Å². The number of fused-ring (bicyclic) bond motifs is 1. The van der Waals surface area contributed by atoms with E-state index in [9.17, 15) is 32.7 Å². The Balaban J connectivity index is 1.62. The van der Waals surface area contributed by atoms with E-state index in [-0.39, 0.29) is 41.5 Å². The standard InChI is InChI=1S/C39H47N5O10S/c1-8-55(50,51)32-16-14-30(21-29(32)23-40)42-35(47)52-20-18-25-9-11-26(12-10-25)33(34(45)46)43(31-15-13-28-24-41-19-17-27(28)22-31)44(36(48)53-38(2,3)4)37(49)54-39(5,6)7/h9-17,19,21-22,24,33H,8,18,20,23,40H2,1-7H3,(H,42,47)(H,45,46). The Morgan fingerprint density at radius 1 is 0.873 bits per heavy atom. The number of pyridine rings is 1. The molecule has 16 heteroatoms. The van der Waals surface area contributed by atoms with Gasteiger partial charge in [0.25, 0.3) is 0 Å². The zero-order valence-electron chi connectivity index (χ0n) is 31.9. The SMILES string of the molecule is CCS(=O)(=O)c1ccc(NC(=O)OCCc2ccc(C(C(=O)O)N(c3ccc4cnccc4c3)N(C(=O)OC(C)(C)C)C(=O)OC(C)(C)C)cc2)cc1CN. The van der Waals surface area contributed by atoms with E-state index in [4.69, 9.17) is 19.9 Å². The number of carbonyl (C=O) groups is 4. The first-order valence-electron chi connectivity index (χ1n) is 17.4. The molecule has 55 heavy (non-hydrogen) atoms. The Bertz CT molecular complexity index is 2120. The van der Waals surface area contributed by atoms with Crippen molar-refractivity contribution in [3.8, 4) is 0 Å². The van der Waals surface area contributed by atoms with Gasteiger partial charge in [0.1, 0.15) is 11.2 Å². The minimum absolute atomic E-state index is 0.0460. The van der Waals surface area contributed by atoms with Crippen LogP contribution in [0.2, 0.25) is 0 Å². The molecule has 3 amide bonds. The largest absolute Gasteiger partial charge is 0.479 e. The first kappa shape index (κ1) is 42.0. The second-order valence-electron chi connectivity index (χ2n) is 14.4. The summed E-state index contributed by atoms with van der Waals surface area (Å²) in [7, 11) is -3.50. The molecule has 4 rings (SSSR count). The number of aliphatic carboxylic acids is 1. The quantitative estimate of drug-likeness (QED) is 0.0980. The summed E-state index contributed by atoms with van der Waals surface area (Å²) in [5.74, 6) is -1.48. The normalized spacial score (nSPS) is 12.4. The number of amides is 3. The van der Waals surface area contributed by atoms with Crippen LogP contribution in [0, 0.1) is 0 Å². The lowest BCUT2D eigenvalue weighted by Gasteiger charge is -2.39. The number of sulfone groups is 1. The molecule has 294 valence electrons. The summed E-state index contributed by atoms with van der Waals surface area (Å²) in [5, 5.41) is 16.3. The van der Waals surface area contributed by atoms with Crippen molar-refractivity contribution in [3.05, 3.63) is 95.8 Å². The molecular weight excluding hydrogens is 731 g/mol. The highest BCUT2D eigenvalue weighted by Gasteiger charge is 2.42. The van der Waals surface area contributed by atoms with Gasteiger partial charge >= 0.3 is 24.2 Å². The lowest BCUT2D eigenvalue weighted by Crippen LogP contribution is -2.56. The van der Waals surface area contributed by atoms with E-state index in [2.05, 4.69) is 10.3 Å². The van der Waals surface area contributed by atoms with Gasteiger partial charge in [0.2, 0.25) is 0 Å². The van der Waals surface area contributed by atoms with Crippen LogP contribution in [0.5, 0.6) is 0 Å². The lowest BCUT2D eigenvalue weighted by molar-refractivity contribution is -0.139. The third kappa shape index (κ3) is 11.1. The number of hydrazine groups is 1. The fraction of sp³-hybridized carbons (Fsp3) is 0.359. The summed E-state index contributed by atoms with van der Waals surface area (Å²) >= 11 is 0. The van der Waals surface area contributed by atoms with Gasteiger partial charge in [-0.1, -0.05) is 37.3 Å². The molecular formula is C39H47N5O10S. The number of carbonyl (C=O) groups excluding carboxylic acids is 3. The van der Waals surface area contributed by atoms with E-state index in [1.807, 2.05) is 0 Å². The molecule has 0 aliphatic carbocycles. The molecule has 3 aromatic carbocycles. The fourth-order valence-electron chi connectivity index (χ4n) is 5.40. The van der Waals surface area contributed by atoms with Crippen LogP contribution in [-0.4, -0.2) is 71.3 Å². The molecule has 0 bridgehead atoms. The number of nitrogens with two attached hydrogens (primary N) is 1. The number of carboxylic acid groups (broad SMARTS) is 1. The van der Waals surface area contributed by atoms with E-state index >= 15 is 0 Å². The Kier molecular flexibility index (Phi) is 13.1. The zero-order valence-corrected chi connectivity index (χ0v) is 32.7.